The third-order valence-electron chi connectivity index (χ3n) is 10.9. The Balaban J connectivity index is 1.38. The lowest BCUT2D eigenvalue weighted by Crippen LogP contribution is -2.59. The molecule has 5 amide bonds. The highest BCUT2D eigenvalue weighted by atomic mass is 16.5. The van der Waals surface area contributed by atoms with Crippen molar-refractivity contribution >= 4 is 29.5 Å². The van der Waals surface area contributed by atoms with Gasteiger partial charge in [-0.15, -0.1) is 5.10 Å². The molecule has 7 rings (SSSR count). The molecule has 1 fully saturated rings. The second-order valence-corrected chi connectivity index (χ2v) is 14.8. The van der Waals surface area contributed by atoms with Gasteiger partial charge in [-0.1, -0.05) is 78.0 Å². The van der Waals surface area contributed by atoms with E-state index in [0.717, 1.165) is 16.7 Å². The van der Waals surface area contributed by atoms with Crippen LogP contribution in [-0.4, -0.2) is 111 Å². The molecule has 3 aromatic carbocycles. The molecular formula is C43H53N9O6. The van der Waals surface area contributed by atoms with Gasteiger partial charge < -0.3 is 35.8 Å². The quantitative estimate of drug-likeness (QED) is 0.177. The molecule has 3 aliphatic heterocycles. The normalized spacial score (nSPS) is 20.7. The highest BCUT2D eigenvalue weighted by molar-refractivity contribution is 5.96. The summed E-state index contributed by atoms with van der Waals surface area (Å²) in [5, 5.41) is 20.5. The number of carbonyl (C=O) groups excluding carboxylic acids is 5. The first-order valence-electron chi connectivity index (χ1n) is 19.9. The minimum Gasteiger partial charge on any atom is -0.487 e. The van der Waals surface area contributed by atoms with Gasteiger partial charge in [0, 0.05) is 45.3 Å². The van der Waals surface area contributed by atoms with E-state index in [-0.39, 0.29) is 50.6 Å². The maximum atomic E-state index is 14.7. The first kappa shape index (κ1) is 41.5. The number of nitrogens with zero attached hydrogens (tertiary/aromatic N) is 5. The summed E-state index contributed by atoms with van der Waals surface area (Å²) < 4.78 is 7.67. The average molecular weight is 792 g/mol. The monoisotopic (exact) mass is 791 g/mol. The summed E-state index contributed by atoms with van der Waals surface area (Å²) >= 11 is 0. The second kappa shape index (κ2) is 19.4. The highest BCUT2D eigenvalue weighted by Crippen LogP contribution is 2.29. The van der Waals surface area contributed by atoms with E-state index in [9.17, 15) is 24.0 Å². The first-order valence-corrected chi connectivity index (χ1v) is 19.9. The van der Waals surface area contributed by atoms with Crippen LogP contribution in [0.5, 0.6) is 5.75 Å². The number of benzene rings is 3. The molecule has 0 unspecified atom stereocenters. The summed E-state index contributed by atoms with van der Waals surface area (Å²) in [6, 6.07) is 20.8. The Kier molecular flexibility index (Phi) is 13.9. The number of ether oxygens (including phenoxy) is 1. The van der Waals surface area contributed by atoms with E-state index in [2.05, 4.69) is 31.6 Å². The van der Waals surface area contributed by atoms with Crippen LogP contribution in [0, 0.1) is 0 Å². The van der Waals surface area contributed by atoms with E-state index >= 15 is 0 Å². The number of hydrogen-bond donors (Lipinski definition) is 4. The minimum atomic E-state index is -1.11. The summed E-state index contributed by atoms with van der Waals surface area (Å²) in [6.45, 7) is 6.57. The number of amides is 5. The largest absolute Gasteiger partial charge is 0.487 e. The Bertz CT molecular complexity index is 2020. The van der Waals surface area contributed by atoms with Crippen LogP contribution in [0.3, 0.4) is 0 Å². The van der Waals surface area contributed by atoms with Crippen molar-refractivity contribution in [1.29, 1.82) is 0 Å². The van der Waals surface area contributed by atoms with Gasteiger partial charge in [-0.25, -0.2) is 4.68 Å². The van der Waals surface area contributed by atoms with Crippen molar-refractivity contribution in [3.63, 3.8) is 0 Å². The number of hydrogen-bond acceptors (Lipinski definition) is 9. The van der Waals surface area contributed by atoms with Gasteiger partial charge in [0.15, 0.2) is 0 Å². The molecule has 4 heterocycles. The van der Waals surface area contributed by atoms with Crippen molar-refractivity contribution in [2.45, 2.75) is 89.3 Å². The molecule has 6 atom stereocenters. The predicted molar refractivity (Wildman–Crippen MR) is 216 cm³/mol. The van der Waals surface area contributed by atoms with Crippen LogP contribution in [0.2, 0.25) is 0 Å². The van der Waals surface area contributed by atoms with Crippen molar-refractivity contribution < 1.29 is 28.7 Å². The number of carbonyl (C=O) groups is 5. The third kappa shape index (κ3) is 10.3. The molecule has 6 bridgehead atoms. The maximum Gasteiger partial charge on any atom is 0.246 e. The Labute approximate surface area is 338 Å². The smallest absolute Gasteiger partial charge is 0.246 e. The molecule has 0 radical (unpaired) electrons. The van der Waals surface area contributed by atoms with Crippen molar-refractivity contribution in [3.05, 3.63) is 114 Å². The lowest BCUT2D eigenvalue weighted by atomic mass is 10.0. The van der Waals surface area contributed by atoms with Crippen molar-refractivity contribution in [2.24, 2.45) is 0 Å². The predicted octanol–water partition coefficient (Wildman–Crippen LogP) is 1.97. The van der Waals surface area contributed by atoms with Gasteiger partial charge in [0.1, 0.15) is 42.2 Å². The molecule has 1 aromatic heterocycles. The van der Waals surface area contributed by atoms with Crippen LogP contribution in [0.4, 0.5) is 0 Å². The van der Waals surface area contributed by atoms with Crippen LogP contribution in [0.25, 0.3) is 0 Å². The molecule has 1 saturated heterocycles. The molecule has 4 aromatic rings. The molecule has 0 saturated carbocycles. The van der Waals surface area contributed by atoms with Crippen molar-refractivity contribution in [3.8, 4) is 5.75 Å². The Morgan fingerprint density at radius 2 is 1.59 bits per heavy atom. The Morgan fingerprint density at radius 3 is 2.24 bits per heavy atom. The standard InChI is InChI=1S/C43H53N9O6/c1-5-50(6-2)42(56)36-23-31-17-19-34(20-18-31)58-27-32-25-52(49-48-32)33-24-38(41(55)45-35(40(54)47-36)21-29-13-9-7-10-14-29)51(26-33)43(57)37(46-39(53)28(3)44-4)22-30-15-11-8-12-16-30/h7-20,25,28,33,35-38,44H,5-6,21-24,26-27H2,1-4H3,(H,45,55)(H,46,53)(H,47,54)/t28-,33-,35-,36-,37-,38-/m0/s1. The topological polar surface area (TPSA) is 180 Å². The molecule has 306 valence electrons. The molecule has 58 heavy (non-hydrogen) atoms. The van der Waals surface area contributed by atoms with Crippen LogP contribution in [0.15, 0.2) is 91.1 Å². The Hall–Kier alpha value is -6.09. The van der Waals surface area contributed by atoms with E-state index in [1.165, 1.54) is 4.90 Å². The average Bonchev–Trinajstić information content (AvgIpc) is 3.91. The number of fused-ring (bicyclic) bond motifs is 9. The summed E-state index contributed by atoms with van der Waals surface area (Å²) in [5.74, 6) is -1.57. The van der Waals surface area contributed by atoms with Gasteiger partial charge >= 0.3 is 0 Å². The van der Waals surface area contributed by atoms with E-state index in [1.54, 1.807) is 41.9 Å². The van der Waals surface area contributed by atoms with Gasteiger partial charge in [0.25, 0.3) is 0 Å². The van der Waals surface area contributed by atoms with Crippen LogP contribution < -0.4 is 26.0 Å². The number of likely N-dealkylation sites (tertiary alicyclic amines) is 1. The SMILES string of the molecule is CCN(CC)C(=O)[C@@H]1Cc2ccc(cc2)OCc2cn(nn2)[C@H]2C[C@@H](C(=O)N[C@@H](Cc3ccccc3)C(=O)N1)N(C(=O)[C@H](Cc1ccccc1)NC(=O)[C@H](C)NC)C2. The lowest BCUT2D eigenvalue weighted by molar-refractivity contribution is -0.142. The number of rotatable bonds is 11. The molecular weight excluding hydrogens is 739 g/mol. The van der Waals surface area contributed by atoms with Gasteiger partial charge in [0.2, 0.25) is 29.5 Å². The van der Waals surface area contributed by atoms with E-state index in [4.69, 9.17) is 4.74 Å². The number of aromatic nitrogens is 3. The first-order chi connectivity index (χ1) is 28.1. The van der Waals surface area contributed by atoms with Crippen LogP contribution >= 0.6 is 0 Å². The minimum absolute atomic E-state index is 0.0841. The van der Waals surface area contributed by atoms with Crippen molar-refractivity contribution in [2.75, 3.05) is 26.7 Å². The summed E-state index contributed by atoms with van der Waals surface area (Å²) in [6.07, 6.45) is 2.41. The molecule has 0 spiro atoms. The van der Waals surface area contributed by atoms with Crippen molar-refractivity contribution in [1.82, 2.24) is 46.1 Å². The van der Waals surface area contributed by atoms with E-state index in [1.807, 2.05) is 86.6 Å². The Morgan fingerprint density at radius 1 is 0.914 bits per heavy atom. The van der Waals surface area contributed by atoms with Crippen LogP contribution in [-0.2, 0) is 49.8 Å². The summed E-state index contributed by atoms with van der Waals surface area (Å²) in [5.41, 5.74) is 2.97. The fraction of sp³-hybridized carbons (Fsp3) is 0.419. The molecule has 15 heteroatoms. The molecule has 4 N–H and O–H groups in total. The van der Waals surface area contributed by atoms with E-state index < -0.39 is 54.0 Å². The number of nitrogens with one attached hydrogen (secondary N) is 4. The zero-order valence-electron chi connectivity index (χ0n) is 33.5. The third-order valence-corrected chi connectivity index (χ3v) is 10.9. The zero-order chi connectivity index (χ0) is 41.2. The lowest BCUT2D eigenvalue weighted by Gasteiger charge is -2.31. The fourth-order valence-electron chi connectivity index (χ4n) is 7.40. The fourth-order valence-corrected chi connectivity index (χ4v) is 7.40. The zero-order valence-corrected chi connectivity index (χ0v) is 33.5. The number of likely N-dealkylation sites (N-methyl/N-ethyl adjacent to an activating group) is 2. The molecule has 15 nitrogen and oxygen atoms in total. The molecule has 3 aliphatic rings. The summed E-state index contributed by atoms with van der Waals surface area (Å²) in [4.78, 5) is 74.2. The molecule has 0 aliphatic carbocycles. The summed E-state index contributed by atoms with van der Waals surface area (Å²) in [7, 11) is 1.66. The van der Waals surface area contributed by atoms with E-state index in [0.29, 0.717) is 24.5 Å². The van der Waals surface area contributed by atoms with Gasteiger partial charge in [-0.05, 0) is 56.6 Å². The van der Waals surface area contributed by atoms with Gasteiger partial charge in [-0.3, -0.25) is 24.0 Å². The maximum absolute atomic E-state index is 14.7. The van der Waals surface area contributed by atoms with Gasteiger partial charge in [-0.2, -0.15) is 0 Å². The van der Waals surface area contributed by atoms with Gasteiger partial charge in [0.05, 0.1) is 18.3 Å². The highest BCUT2D eigenvalue weighted by Gasteiger charge is 2.44. The van der Waals surface area contributed by atoms with Crippen LogP contribution in [0.1, 0.15) is 55.6 Å². The second-order valence-electron chi connectivity index (χ2n) is 14.8.